The van der Waals surface area contributed by atoms with Gasteiger partial charge in [-0.1, -0.05) is 0 Å². The van der Waals surface area contributed by atoms with E-state index < -0.39 is 0 Å². The van der Waals surface area contributed by atoms with Crippen molar-refractivity contribution in [2.24, 2.45) is 0 Å². The smallest absolute Gasteiger partial charge is 0.231 e. The van der Waals surface area contributed by atoms with E-state index in [1.54, 1.807) is 0 Å². The second-order valence-corrected chi connectivity index (χ2v) is 6.81. The van der Waals surface area contributed by atoms with Crippen LogP contribution < -0.4 is 9.47 Å². The van der Waals surface area contributed by atoms with Gasteiger partial charge in [-0.3, -0.25) is 9.59 Å². The zero-order valence-electron chi connectivity index (χ0n) is 12.8. The zero-order valence-corrected chi connectivity index (χ0v) is 12.8. The average Bonchev–Trinajstić information content (AvgIpc) is 3.16. The summed E-state index contributed by atoms with van der Waals surface area (Å²) in [6.45, 7) is 1.01. The lowest BCUT2D eigenvalue weighted by atomic mass is 9.79. The lowest BCUT2D eigenvalue weighted by Crippen LogP contribution is -2.48. The molecule has 0 bridgehead atoms. The number of amides is 1. The molecule has 0 radical (unpaired) electrons. The third-order valence-corrected chi connectivity index (χ3v) is 5.77. The Balaban J connectivity index is 0.00000135. The van der Waals surface area contributed by atoms with Crippen LogP contribution in [0.3, 0.4) is 0 Å². The normalized spacial score (nSPS) is 30.4. The Kier molecular flexibility index (Phi) is 2.97. The maximum Gasteiger partial charge on any atom is 0.231 e. The summed E-state index contributed by atoms with van der Waals surface area (Å²) in [5, 5.41) is 0. The fourth-order valence-electron chi connectivity index (χ4n) is 4.91. The molecule has 23 heavy (non-hydrogen) atoms. The maximum absolute atomic E-state index is 12.7. The Morgan fingerprint density at radius 2 is 1.96 bits per heavy atom. The van der Waals surface area contributed by atoms with Gasteiger partial charge in [0.15, 0.2) is 11.5 Å². The standard InChI is InChI=1S/C17H17NO4.H2O/c19-11-6-13-12-7-15-14(21-9-22-15)4-10(12)5-16(20)18-3-1-2-17(13,18)8-11;/h4,7,13H,1-3,5-6,8-9H2;1H2/t13-,17-;/m1./s1. The number of rotatable bonds is 0. The molecule has 2 N–H and O–H groups in total. The van der Waals surface area contributed by atoms with Crippen molar-refractivity contribution >= 4 is 11.7 Å². The second-order valence-electron chi connectivity index (χ2n) is 6.81. The fraction of sp³-hybridized carbons (Fsp3) is 0.529. The van der Waals surface area contributed by atoms with Crippen molar-refractivity contribution in [2.75, 3.05) is 13.3 Å². The Bertz CT molecular complexity index is 715. The number of ether oxygens (including phenoxy) is 2. The van der Waals surface area contributed by atoms with Gasteiger partial charge >= 0.3 is 0 Å². The highest BCUT2D eigenvalue weighted by atomic mass is 16.7. The highest BCUT2D eigenvalue weighted by Gasteiger charge is 2.56. The first-order valence-electron chi connectivity index (χ1n) is 7.92. The maximum atomic E-state index is 12.7. The first kappa shape index (κ1) is 14.5. The molecule has 1 aromatic rings. The summed E-state index contributed by atoms with van der Waals surface area (Å²) in [6.07, 6.45) is 3.38. The number of carbonyl (C=O) groups is 2. The predicted octanol–water partition coefficient (Wildman–Crippen LogP) is 0.954. The van der Waals surface area contributed by atoms with Crippen LogP contribution in [0.1, 0.15) is 42.7 Å². The molecule has 3 heterocycles. The number of benzene rings is 1. The van der Waals surface area contributed by atoms with Crippen molar-refractivity contribution < 1.29 is 24.5 Å². The Labute approximate surface area is 133 Å². The number of ketones is 1. The van der Waals surface area contributed by atoms with Gasteiger partial charge in [-0.25, -0.2) is 0 Å². The van der Waals surface area contributed by atoms with E-state index in [1.807, 2.05) is 17.0 Å². The van der Waals surface area contributed by atoms with E-state index in [1.165, 1.54) is 0 Å². The Hall–Kier alpha value is -2.08. The fourth-order valence-corrected chi connectivity index (χ4v) is 4.91. The van der Waals surface area contributed by atoms with E-state index in [-0.39, 0.29) is 35.4 Å². The van der Waals surface area contributed by atoms with Gasteiger partial charge in [0.2, 0.25) is 12.7 Å². The van der Waals surface area contributed by atoms with Crippen LogP contribution in [-0.4, -0.2) is 40.9 Å². The van der Waals surface area contributed by atoms with E-state index in [0.717, 1.165) is 36.3 Å². The number of hydrogen-bond acceptors (Lipinski definition) is 4. The molecule has 0 aromatic heterocycles. The molecule has 1 aliphatic carbocycles. The summed E-state index contributed by atoms with van der Waals surface area (Å²) in [5.41, 5.74) is 1.84. The van der Waals surface area contributed by atoms with Crippen molar-refractivity contribution in [3.63, 3.8) is 0 Å². The van der Waals surface area contributed by atoms with Gasteiger partial charge < -0.3 is 19.8 Å². The lowest BCUT2D eigenvalue weighted by Gasteiger charge is -2.38. The van der Waals surface area contributed by atoms with Crippen molar-refractivity contribution in [2.45, 2.75) is 43.6 Å². The second kappa shape index (κ2) is 4.71. The molecule has 3 aliphatic heterocycles. The van der Waals surface area contributed by atoms with Crippen molar-refractivity contribution in [3.05, 3.63) is 23.3 Å². The summed E-state index contributed by atoms with van der Waals surface area (Å²) in [7, 11) is 0. The van der Waals surface area contributed by atoms with Crippen LogP contribution in [0.4, 0.5) is 0 Å². The minimum atomic E-state index is -0.285. The zero-order chi connectivity index (χ0) is 14.9. The summed E-state index contributed by atoms with van der Waals surface area (Å²) >= 11 is 0. The summed E-state index contributed by atoms with van der Waals surface area (Å²) in [4.78, 5) is 27.0. The van der Waals surface area contributed by atoms with Gasteiger partial charge in [0.05, 0.1) is 12.0 Å². The van der Waals surface area contributed by atoms with E-state index >= 15 is 0 Å². The minimum absolute atomic E-state index is 0. The minimum Gasteiger partial charge on any atom is -0.454 e. The van der Waals surface area contributed by atoms with Gasteiger partial charge in [-0.05, 0) is 36.1 Å². The highest BCUT2D eigenvalue weighted by Crippen LogP contribution is 2.54. The Morgan fingerprint density at radius 1 is 1.17 bits per heavy atom. The first-order chi connectivity index (χ1) is 10.7. The molecule has 6 nitrogen and oxygen atoms in total. The molecule has 5 rings (SSSR count). The molecule has 1 spiro atoms. The lowest BCUT2D eigenvalue weighted by molar-refractivity contribution is -0.134. The molecule has 0 unspecified atom stereocenters. The topological polar surface area (TPSA) is 87.3 Å². The molecule has 4 aliphatic rings. The van der Waals surface area contributed by atoms with Crippen molar-refractivity contribution in [3.8, 4) is 11.5 Å². The summed E-state index contributed by atoms with van der Waals surface area (Å²) < 4.78 is 11.0. The predicted molar refractivity (Wildman–Crippen MR) is 80.5 cm³/mol. The van der Waals surface area contributed by atoms with Crippen molar-refractivity contribution in [1.82, 2.24) is 4.90 Å². The van der Waals surface area contributed by atoms with Crippen LogP contribution in [0.25, 0.3) is 0 Å². The first-order valence-corrected chi connectivity index (χ1v) is 7.92. The van der Waals surface area contributed by atoms with Gasteiger partial charge in [-0.2, -0.15) is 0 Å². The number of nitrogens with zero attached hydrogens (tertiary/aromatic N) is 1. The van der Waals surface area contributed by atoms with Gasteiger partial charge in [0, 0.05) is 25.3 Å². The average molecular weight is 317 g/mol. The third kappa shape index (κ3) is 1.78. The van der Waals surface area contributed by atoms with Gasteiger partial charge in [0.1, 0.15) is 5.78 Å². The van der Waals surface area contributed by atoms with E-state index in [9.17, 15) is 9.59 Å². The number of Topliss-reactive ketones (excluding diaryl/α,β-unsaturated/α-hetero) is 1. The monoisotopic (exact) mass is 317 g/mol. The molecule has 1 saturated heterocycles. The number of carbonyl (C=O) groups excluding carboxylic acids is 2. The van der Waals surface area contributed by atoms with Gasteiger partial charge in [0.25, 0.3) is 0 Å². The van der Waals surface area contributed by atoms with Crippen LogP contribution in [0.2, 0.25) is 0 Å². The quantitative estimate of drug-likeness (QED) is 0.713. The SMILES string of the molecule is O.O=C1C[C@@H]2c3cc4c(cc3CC(=O)N3CCC[C@@]23C1)OCO4. The molecule has 6 heteroatoms. The third-order valence-electron chi connectivity index (χ3n) is 5.77. The summed E-state index contributed by atoms with van der Waals surface area (Å²) in [5.74, 6) is 1.99. The molecule has 122 valence electrons. The molecular formula is C17H19NO5. The molecule has 2 atom stereocenters. The van der Waals surface area contributed by atoms with Crippen LogP contribution >= 0.6 is 0 Å². The molecule has 1 amide bonds. The van der Waals surface area contributed by atoms with Crippen molar-refractivity contribution in [1.29, 1.82) is 0 Å². The van der Waals surface area contributed by atoms with Crippen LogP contribution in [-0.2, 0) is 16.0 Å². The largest absolute Gasteiger partial charge is 0.454 e. The molecule has 2 fully saturated rings. The van der Waals surface area contributed by atoms with E-state index in [2.05, 4.69) is 0 Å². The van der Waals surface area contributed by atoms with E-state index in [4.69, 9.17) is 9.47 Å². The molecule has 1 aromatic carbocycles. The number of hydrogen-bond donors (Lipinski definition) is 0. The number of fused-ring (bicyclic) bond motifs is 3. The summed E-state index contributed by atoms with van der Waals surface area (Å²) in [6, 6.07) is 3.95. The molecular weight excluding hydrogens is 298 g/mol. The van der Waals surface area contributed by atoms with E-state index in [0.29, 0.717) is 25.0 Å². The van der Waals surface area contributed by atoms with Crippen LogP contribution in [0.5, 0.6) is 11.5 Å². The van der Waals surface area contributed by atoms with Crippen LogP contribution in [0, 0.1) is 0 Å². The highest BCUT2D eigenvalue weighted by molar-refractivity contribution is 5.89. The van der Waals surface area contributed by atoms with Gasteiger partial charge in [-0.15, -0.1) is 0 Å². The Morgan fingerprint density at radius 3 is 2.78 bits per heavy atom. The molecule has 1 saturated carbocycles. The van der Waals surface area contributed by atoms with Crippen LogP contribution in [0.15, 0.2) is 12.1 Å².